The zero-order valence-corrected chi connectivity index (χ0v) is 8.42. The molecule has 1 aliphatic heterocycles. The summed E-state index contributed by atoms with van der Waals surface area (Å²) in [6, 6.07) is 7.79. The van der Waals surface area contributed by atoms with E-state index in [0.29, 0.717) is 0 Å². The minimum Gasteiger partial charge on any atom is -0.324 e. The average molecular weight is 190 g/mol. The minimum absolute atomic E-state index is 0.0283. The molecule has 74 valence electrons. The van der Waals surface area contributed by atoms with E-state index >= 15 is 0 Å². The fourth-order valence-corrected chi connectivity index (χ4v) is 1.93. The standard InChI is InChI=1S/C11H14N2O/c1-3-12-11(2)8-6-4-5-7-9(8)13-10(11)14/h4-7,12H,3H2,1-2H3,(H,13,14). The van der Waals surface area contributed by atoms with E-state index in [1.807, 2.05) is 38.1 Å². The highest BCUT2D eigenvalue weighted by molar-refractivity contribution is 6.05. The Bertz CT molecular complexity index is 375. The molecule has 3 heteroatoms. The van der Waals surface area contributed by atoms with Gasteiger partial charge >= 0.3 is 0 Å². The number of fused-ring (bicyclic) bond motifs is 1. The maximum atomic E-state index is 11.8. The first-order valence-electron chi connectivity index (χ1n) is 4.84. The van der Waals surface area contributed by atoms with E-state index in [9.17, 15) is 4.79 Å². The van der Waals surface area contributed by atoms with Crippen LogP contribution in [-0.4, -0.2) is 12.5 Å². The van der Waals surface area contributed by atoms with Gasteiger partial charge in [0, 0.05) is 11.3 Å². The number of likely N-dealkylation sites (N-methyl/N-ethyl adjacent to an activating group) is 1. The molecule has 1 unspecified atom stereocenters. The Morgan fingerprint density at radius 1 is 1.43 bits per heavy atom. The lowest BCUT2D eigenvalue weighted by Crippen LogP contribution is -2.45. The second-order valence-corrected chi connectivity index (χ2v) is 3.66. The molecule has 2 rings (SSSR count). The summed E-state index contributed by atoms with van der Waals surface area (Å²) in [6.07, 6.45) is 0. The molecule has 0 radical (unpaired) electrons. The maximum Gasteiger partial charge on any atom is 0.249 e. The van der Waals surface area contributed by atoms with Crippen LogP contribution in [0.3, 0.4) is 0 Å². The van der Waals surface area contributed by atoms with Gasteiger partial charge in [0.25, 0.3) is 0 Å². The molecule has 1 atom stereocenters. The first kappa shape index (κ1) is 9.21. The van der Waals surface area contributed by atoms with Crippen molar-refractivity contribution >= 4 is 11.6 Å². The Morgan fingerprint density at radius 3 is 2.86 bits per heavy atom. The Morgan fingerprint density at radius 2 is 2.14 bits per heavy atom. The van der Waals surface area contributed by atoms with Crippen LogP contribution in [0.4, 0.5) is 5.69 Å². The fourth-order valence-electron chi connectivity index (χ4n) is 1.93. The second-order valence-electron chi connectivity index (χ2n) is 3.66. The van der Waals surface area contributed by atoms with Crippen molar-refractivity contribution in [3.05, 3.63) is 29.8 Å². The third-order valence-corrected chi connectivity index (χ3v) is 2.70. The first-order valence-corrected chi connectivity index (χ1v) is 4.84. The van der Waals surface area contributed by atoms with E-state index in [1.165, 1.54) is 0 Å². The van der Waals surface area contributed by atoms with E-state index in [2.05, 4.69) is 10.6 Å². The second kappa shape index (κ2) is 3.10. The summed E-state index contributed by atoms with van der Waals surface area (Å²) in [5, 5.41) is 6.09. The van der Waals surface area contributed by atoms with Crippen LogP contribution in [0.1, 0.15) is 19.4 Å². The molecule has 0 saturated carbocycles. The van der Waals surface area contributed by atoms with Crippen molar-refractivity contribution in [3.63, 3.8) is 0 Å². The lowest BCUT2D eigenvalue weighted by molar-refractivity contribution is -0.121. The van der Waals surface area contributed by atoms with Crippen molar-refractivity contribution in [1.82, 2.24) is 5.32 Å². The number of para-hydroxylation sites is 1. The summed E-state index contributed by atoms with van der Waals surface area (Å²) >= 11 is 0. The molecule has 14 heavy (non-hydrogen) atoms. The predicted octanol–water partition coefficient (Wildman–Crippen LogP) is 1.46. The number of carbonyl (C=O) groups excluding carboxylic acids is 1. The van der Waals surface area contributed by atoms with Gasteiger partial charge < -0.3 is 10.6 Å². The van der Waals surface area contributed by atoms with Gasteiger partial charge in [-0.1, -0.05) is 25.1 Å². The van der Waals surface area contributed by atoms with Gasteiger partial charge in [-0.05, 0) is 19.5 Å². The molecule has 0 aliphatic carbocycles. The van der Waals surface area contributed by atoms with E-state index in [1.54, 1.807) is 0 Å². The number of carbonyl (C=O) groups is 1. The van der Waals surface area contributed by atoms with Crippen molar-refractivity contribution in [2.75, 3.05) is 11.9 Å². The number of benzene rings is 1. The third-order valence-electron chi connectivity index (χ3n) is 2.70. The summed E-state index contributed by atoms with van der Waals surface area (Å²) in [7, 11) is 0. The largest absolute Gasteiger partial charge is 0.324 e. The molecule has 1 aromatic carbocycles. The Labute approximate surface area is 83.5 Å². The van der Waals surface area contributed by atoms with E-state index < -0.39 is 5.54 Å². The molecule has 3 nitrogen and oxygen atoms in total. The summed E-state index contributed by atoms with van der Waals surface area (Å²) in [4.78, 5) is 11.8. The lowest BCUT2D eigenvalue weighted by Gasteiger charge is -2.22. The Balaban J connectivity index is 2.48. The molecular weight excluding hydrogens is 176 g/mol. The van der Waals surface area contributed by atoms with Gasteiger partial charge in [0.15, 0.2) is 0 Å². The van der Waals surface area contributed by atoms with Gasteiger partial charge in [-0.3, -0.25) is 4.79 Å². The topological polar surface area (TPSA) is 41.1 Å². The summed E-state index contributed by atoms with van der Waals surface area (Å²) < 4.78 is 0. The maximum absolute atomic E-state index is 11.8. The van der Waals surface area contributed by atoms with Crippen LogP contribution in [0.5, 0.6) is 0 Å². The number of hydrogen-bond acceptors (Lipinski definition) is 2. The van der Waals surface area contributed by atoms with E-state index in [0.717, 1.165) is 17.8 Å². The Hall–Kier alpha value is -1.35. The number of hydrogen-bond donors (Lipinski definition) is 2. The molecule has 2 N–H and O–H groups in total. The zero-order chi connectivity index (χ0) is 10.2. The van der Waals surface area contributed by atoms with Crippen LogP contribution in [0.2, 0.25) is 0 Å². The van der Waals surface area contributed by atoms with Crippen LogP contribution in [0.15, 0.2) is 24.3 Å². The summed E-state index contributed by atoms with van der Waals surface area (Å²) in [6.45, 7) is 4.69. The van der Waals surface area contributed by atoms with E-state index in [-0.39, 0.29) is 5.91 Å². The fraction of sp³-hybridized carbons (Fsp3) is 0.364. The normalized spacial score (nSPS) is 24.6. The van der Waals surface area contributed by atoms with Crippen molar-refractivity contribution < 1.29 is 4.79 Å². The van der Waals surface area contributed by atoms with Gasteiger partial charge in [0.1, 0.15) is 5.54 Å². The smallest absolute Gasteiger partial charge is 0.249 e. The first-order chi connectivity index (χ1) is 6.68. The van der Waals surface area contributed by atoms with Gasteiger partial charge in [0.05, 0.1) is 0 Å². The molecule has 0 fully saturated rings. The van der Waals surface area contributed by atoms with Gasteiger partial charge in [-0.15, -0.1) is 0 Å². The van der Waals surface area contributed by atoms with Gasteiger partial charge in [0.2, 0.25) is 5.91 Å². The van der Waals surface area contributed by atoms with Crippen LogP contribution < -0.4 is 10.6 Å². The number of anilines is 1. The minimum atomic E-state index is -0.564. The molecule has 1 amide bonds. The molecule has 1 aromatic rings. The molecular formula is C11H14N2O. The van der Waals surface area contributed by atoms with Gasteiger partial charge in [-0.25, -0.2) is 0 Å². The predicted molar refractivity (Wildman–Crippen MR) is 56.1 cm³/mol. The molecule has 0 saturated heterocycles. The van der Waals surface area contributed by atoms with E-state index in [4.69, 9.17) is 0 Å². The number of rotatable bonds is 2. The Kier molecular flexibility index (Phi) is 2.04. The van der Waals surface area contributed by atoms with Gasteiger partial charge in [-0.2, -0.15) is 0 Å². The SMILES string of the molecule is CCNC1(C)C(=O)Nc2ccccc21. The van der Waals surface area contributed by atoms with Crippen LogP contribution >= 0.6 is 0 Å². The highest BCUT2D eigenvalue weighted by Gasteiger charge is 2.41. The van der Waals surface area contributed by atoms with Crippen molar-refractivity contribution in [2.45, 2.75) is 19.4 Å². The van der Waals surface area contributed by atoms with Crippen molar-refractivity contribution in [1.29, 1.82) is 0 Å². The monoisotopic (exact) mass is 190 g/mol. The molecule has 1 aliphatic rings. The molecule has 0 spiro atoms. The summed E-state index contributed by atoms with van der Waals surface area (Å²) in [5.41, 5.74) is 1.39. The number of nitrogens with one attached hydrogen (secondary N) is 2. The van der Waals surface area contributed by atoms with Crippen molar-refractivity contribution in [2.24, 2.45) is 0 Å². The lowest BCUT2D eigenvalue weighted by atomic mass is 9.94. The quantitative estimate of drug-likeness (QED) is 0.741. The van der Waals surface area contributed by atoms with Crippen LogP contribution in [-0.2, 0) is 10.3 Å². The average Bonchev–Trinajstić information content (AvgIpc) is 2.41. The zero-order valence-electron chi connectivity index (χ0n) is 8.42. The molecule has 1 heterocycles. The number of amides is 1. The highest BCUT2D eigenvalue weighted by Crippen LogP contribution is 2.34. The van der Waals surface area contributed by atoms with Crippen molar-refractivity contribution in [3.8, 4) is 0 Å². The van der Waals surface area contributed by atoms with Crippen LogP contribution in [0.25, 0.3) is 0 Å². The third kappa shape index (κ3) is 1.13. The molecule has 0 aromatic heterocycles. The summed E-state index contributed by atoms with van der Waals surface area (Å²) in [5.74, 6) is 0.0283. The molecule has 0 bridgehead atoms. The van der Waals surface area contributed by atoms with Crippen LogP contribution in [0, 0.1) is 0 Å². The highest BCUT2D eigenvalue weighted by atomic mass is 16.2.